The molecule has 0 aliphatic carbocycles. The van der Waals surface area contributed by atoms with Crippen LogP contribution in [0.3, 0.4) is 0 Å². The molecule has 1 aromatic heterocycles. The Hall–Kier alpha value is -2.50. The molecule has 1 amide bonds. The normalized spacial score (nSPS) is 10.5. The minimum absolute atomic E-state index is 0.177. The van der Waals surface area contributed by atoms with E-state index in [9.17, 15) is 9.59 Å². The van der Waals surface area contributed by atoms with Gasteiger partial charge in [0.05, 0.1) is 19.0 Å². The van der Waals surface area contributed by atoms with Crippen LogP contribution in [0.25, 0.3) is 10.9 Å². The number of nitrogens with zero attached hydrogens (tertiary/aromatic N) is 1. The minimum Gasteiger partial charge on any atom is -0.497 e. The van der Waals surface area contributed by atoms with Crippen LogP contribution in [0.4, 0.5) is 4.79 Å². The smallest absolute Gasteiger partial charge is 0.323 e. The highest BCUT2D eigenvalue weighted by Gasteiger charge is 2.14. The Morgan fingerprint density at radius 3 is 2.72 bits per heavy atom. The molecule has 18 heavy (non-hydrogen) atoms. The van der Waals surface area contributed by atoms with Gasteiger partial charge in [-0.2, -0.15) is 0 Å². The van der Waals surface area contributed by atoms with E-state index in [1.165, 1.54) is 17.9 Å². The summed E-state index contributed by atoms with van der Waals surface area (Å²) in [5, 5.41) is 9.49. The summed E-state index contributed by atoms with van der Waals surface area (Å²) >= 11 is 0. The number of carbonyl (C=O) groups is 2. The van der Waals surface area contributed by atoms with E-state index in [-0.39, 0.29) is 6.42 Å². The fourth-order valence-corrected chi connectivity index (χ4v) is 1.89. The molecule has 0 unspecified atom stereocenters. The second-order valence-electron chi connectivity index (χ2n) is 3.82. The summed E-state index contributed by atoms with van der Waals surface area (Å²) in [6, 6.07) is 4.39. The van der Waals surface area contributed by atoms with Crippen LogP contribution in [0.15, 0.2) is 24.4 Å². The molecule has 0 atom stereocenters. The molecule has 0 fully saturated rings. The third-order valence-electron chi connectivity index (χ3n) is 2.67. The van der Waals surface area contributed by atoms with Gasteiger partial charge in [0.15, 0.2) is 0 Å². The van der Waals surface area contributed by atoms with E-state index in [1.54, 1.807) is 18.2 Å². The lowest BCUT2D eigenvalue weighted by molar-refractivity contribution is -0.136. The van der Waals surface area contributed by atoms with Crippen molar-refractivity contribution in [2.75, 3.05) is 7.11 Å². The molecule has 2 aromatic rings. The number of carboxylic acids is 1. The van der Waals surface area contributed by atoms with E-state index in [0.717, 1.165) is 0 Å². The van der Waals surface area contributed by atoms with Crippen LogP contribution >= 0.6 is 0 Å². The van der Waals surface area contributed by atoms with E-state index in [0.29, 0.717) is 22.2 Å². The molecular formula is C12H12N2O4. The van der Waals surface area contributed by atoms with Gasteiger partial charge in [-0.1, -0.05) is 0 Å². The molecule has 1 aromatic carbocycles. The third-order valence-corrected chi connectivity index (χ3v) is 2.67. The molecule has 0 saturated carbocycles. The van der Waals surface area contributed by atoms with Crippen molar-refractivity contribution in [2.45, 2.75) is 6.42 Å². The number of hydrogen-bond donors (Lipinski definition) is 2. The summed E-state index contributed by atoms with van der Waals surface area (Å²) in [5.74, 6) is -0.377. The molecule has 94 valence electrons. The second kappa shape index (κ2) is 4.40. The van der Waals surface area contributed by atoms with Gasteiger partial charge in [0.1, 0.15) is 5.75 Å². The summed E-state index contributed by atoms with van der Waals surface area (Å²) < 4.78 is 6.31. The van der Waals surface area contributed by atoms with E-state index >= 15 is 0 Å². The van der Waals surface area contributed by atoms with Crippen molar-refractivity contribution < 1.29 is 19.4 Å². The number of carboxylic acid groups (broad SMARTS) is 1. The van der Waals surface area contributed by atoms with Crippen LogP contribution in [-0.4, -0.2) is 28.8 Å². The molecule has 0 radical (unpaired) electrons. The number of carbonyl (C=O) groups excluding carboxylic acids is 1. The molecule has 6 nitrogen and oxygen atoms in total. The molecule has 1 heterocycles. The summed E-state index contributed by atoms with van der Waals surface area (Å²) in [7, 11) is 1.52. The predicted molar refractivity (Wildman–Crippen MR) is 64.8 cm³/mol. The van der Waals surface area contributed by atoms with E-state index in [4.69, 9.17) is 15.6 Å². The topological polar surface area (TPSA) is 94.6 Å². The highest BCUT2D eigenvalue weighted by molar-refractivity contribution is 5.95. The average molecular weight is 248 g/mol. The fourth-order valence-electron chi connectivity index (χ4n) is 1.89. The van der Waals surface area contributed by atoms with Crippen molar-refractivity contribution in [2.24, 2.45) is 5.73 Å². The standard InChI is InChI=1S/C12H12N2O4/c1-18-8-2-3-10-9(5-8)7(4-11(15)16)6-14(10)12(13)17/h2-3,5-6H,4H2,1H3,(H2,13,17)(H,15,16). The Kier molecular flexibility index (Phi) is 2.93. The molecular weight excluding hydrogens is 236 g/mol. The van der Waals surface area contributed by atoms with Crippen molar-refractivity contribution in [1.29, 1.82) is 0 Å². The number of nitrogens with two attached hydrogens (primary N) is 1. The molecule has 0 spiro atoms. The predicted octanol–water partition coefficient (Wildman–Crippen LogP) is 1.20. The van der Waals surface area contributed by atoms with E-state index < -0.39 is 12.0 Å². The molecule has 0 bridgehead atoms. The summed E-state index contributed by atoms with van der Waals surface area (Å²) in [6.07, 6.45) is 1.27. The van der Waals surface area contributed by atoms with Crippen LogP contribution in [0.1, 0.15) is 5.56 Å². The number of primary amides is 1. The number of methoxy groups -OCH3 is 1. The van der Waals surface area contributed by atoms with Crippen molar-refractivity contribution in [3.8, 4) is 5.75 Å². The number of aliphatic carboxylic acids is 1. The maximum absolute atomic E-state index is 11.3. The minimum atomic E-state index is -0.971. The van der Waals surface area contributed by atoms with Crippen molar-refractivity contribution in [1.82, 2.24) is 4.57 Å². The van der Waals surface area contributed by atoms with Gasteiger partial charge in [-0.05, 0) is 23.8 Å². The van der Waals surface area contributed by atoms with Gasteiger partial charge in [0.2, 0.25) is 0 Å². The van der Waals surface area contributed by atoms with Gasteiger partial charge in [-0.25, -0.2) is 4.79 Å². The third kappa shape index (κ3) is 2.00. The van der Waals surface area contributed by atoms with Crippen LogP contribution in [-0.2, 0) is 11.2 Å². The lowest BCUT2D eigenvalue weighted by atomic mass is 10.1. The lowest BCUT2D eigenvalue weighted by Crippen LogP contribution is -2.18. The number of benzene rings is 1. The Morgan fingerprint density at radius 1 is 1.44 bits per heavy atom. The first kappa shape index (κ1) is 12.0. The first-order valence-corrected chi connectivity index (χ1v) is 5.22. The molecule has 0 saturated heterocycles. The summed E-state index contributed by atoms with van der Waals surface area (Å²) in [5.41, 5.74) is 6.33. The number of ether oxygens (including phenoxy) is 1. The van der Waals surface area contributed by atoms with Crippen molar-refractivity contribution >= 4 is 22.9 Å². The van der Waals surface area contributed by atoms with Crippen LogP contribution in [0, 0.1) is 0 Å². The Balaban J connectivity index is 2.68. The SMILES string of the molecule is COc1ccc2c(c1)c(CC(=O)O)cn2C(N)=O. The van der Waals surface area contributed by atoms with Crippen LogP contribution in [0.2, 0.25) is 0 Å². The van der Waals surface area contributed by atoms with Gasteiger partial charge in [-0.15, -0.1) is 0 Å². The number of rotatable bonds is 3. The van der Waals surface area contributed by atoms with Gasteiger partial charge >= 0.3 is 12.0 Å². The monoisotopic (exact) mass is 248 g/mol. The van der Waals surface area contributed by atoms with Gasteiger partial charge < -0.3 is 15.6 Å². The van der Waals surface area contributed by atoms with Gasteiger partial charge in [-0.3, -0.25) is 9.36 Å². The zero-order chi connectivity index (χ0) is 13.3. The number of aromatic nitrogens is 1. The summed E-state index contributed by atoms with van der Waals surface area (Å²) in [4.78, 5) is 22.1. The molecule has 3 N–H and O–H groups in total. The Bertz CT molecular complexity index is 630. The second-order valence-corrected chi connectivity index (χ2v) is 3.82. The highest BCUT2D eigenvalue weighted by atomic mass is 16.5. The summed E-state index contributed by atoms with van der Waals surface area (Å²) in [6.45, 7) is 0. The van der Waals surface area contributed by atoms with Gasteiger partial charge in [0.25, 0.3) is 0 Å². The Morgan fingerprint density at radius 2 is 2.17 bits per heavy atom. The van der Waals surface area contributed by atoms with Crippen molar-refractivity contribution in [3.05, 3.63) is 30.0 Å². The quantitative estimate of drug-likeness (QED) is 0.853. The largest absolute Gasteiger partial charge is 0.497 e. The van der Waals surface area contributed by atoms with Gasteiger partial charge in [0, 0.05) is 11.6 Å². The maximum Gasteiger partial charge on any atom is 0.323 e. The molecule has 0 aliphatic rings. The van der Waals surface area contributed by atoms with Crippen molar-refractivity contribution in [3.63, 3.8) is 0 Å². The highest BCUT2D eigenvalue weighted by Crippen LogP contribution is 2.26. The number of hydrogen-bond acceptors (Lipinski definition) is 3. The molecule has 6 heteroatoms. The first-order chi connectivity index (χ1) is 8.52. The first-order valence-electron chi connectivity index (χ1n) is 5.22. The average Bonchev–Trinajstić information content (AvgIpc) is 2.67. The number of fused-ring (bicyclic) bond motifs is 1. The van der Waals surface area contributed by atoms with Crippen LogP contribution < -0.4 is 10.5 Å². The fraction of sp³-hybridized carbons (Fsp3) is 0.167. The zero-order valence-corrected chi connectivity index (χ0v) is 9.71. The Labute approximate surface area is 103 Å². The van der Waals surface area contributed by atoms with E-state index in [2.05, 4.69) is 0 Å². The van der Waals surface area contributed by atoms with E-state index in [1.807, 2.05) is 0 Å². The lowest BCUT2D eigenvalue weighted by Gasteiger charge is -2.01. The maximum atomic E-state index is 11.3. The van der Waals surface area contributed by atoms with Crippen LogP contribution in [0.5, 0.6) is 5.75 Å². The zero-order valence-electron chi connectivity index (χ0n) is 9.71. The molecule has 2 rings (SSSR count). The number of amides is 1. The molecule has 0 aliphatic heterocycles.